The van der Waals surface area contributed by atoms with E-state index < -0.39 is 28.8 Å². The molecule has 1 aromatic heterocycles. The van der Waals surface area contributed by atoms with Crippen molar-refractivity contribution in [3.8, 4) is 0 Å². The van der Waals surface area contributed by atoms with Crippen LogP contribution in [0.5, 0.6) is 0 Å². The summed E-state index contributed by atoms with van der Waals surface area (Å²) < 4.78 is 36.3. The van der Waals surface area contributed by atoms with Crippen LogP contribution in [0.15, 0.2) is 66.1 Å². The van der Waals surface area contributed by atoms with E-state index in [-0.39, 0.29) is 17.2 Å². The van der Waals surface area contributed by atoms with Gasteiger partial charge in [-0.1, -0.05) is 36.2 Å². The maximum Gasteiger partial charge on any atom is 0.409 e. The molecule has 0 aliphatic heterocycles. The number of benzene rings is 2. The molecule has 0 saturated carbocycles. The summed E-state index contributed by atoms with van der Waals surface area (Å²) in [6.07, 6.45) is 6.20. The Morgan fingerprint density at radius 2 is 1.84 bits per heavy atom. The number of aliphatic hydroxyl groups is 1. The number of carbonyl (C=O) groups is 1. The molecule has 0 fully saturated rings. The Labute approximate surface area is 233 Å². The SMILES string of the molecule is CCCN(CCCn1ccnc1)C(=O)OC[C@@H](C)N(c1cc(Cl)ccc1CO)S(=O)(=O)c1ccc(Cl)cc1. The number of amides is 1. The van der Waals surface area contributed by atoms with Gasteiger partial charge in [0.2, 0.25) is 0 Å². The Morgan fingerprint density at radius 3 is 2.47 bits per heavy atom. The summed E-state index contributed by atoms with van der Waals surface area (Å²) in [5, 5.41) is 10.6. The molecule has 1 N–H and O–H groups in total. The zero-order chi connectivity index (χ0) is 27.7. The summed E-state index contributed by atoms with van der Waals surface area (Å²) in [7, 11) is -4.15. The first kappa shape index (κ1) is 29.8. The first-order chi connectivity index (χ1) is 18.2. The zero-order valence-electron chi connectivity index (χ0n) is 21.3. The third-order valence-electron chi connectivity index (χ3n) is 5.83. The normalized spacial score (nSPS) is 12.2. The molecule has 2 aromatic carbocycles. The lowest BCUT2D eigenvalue weighted by molar-refractivity contribution is 0.0976. The number of carbonyl (C=O) groups excluding carboxylic acids is 1. The van der Waals surface area contributed by atoms with Crippen molar-refractivity contribution in [2.45, 2.75) is 50.8 Å². The van der Waals surface area contributed by atoms with E-state index in [4.69, 9.17) is 27.9 Å². The van der Waals surface area contributed by atoms with Gasteiger partial charge < -0.3 is 19.3 Å². The number of hydrogen-bond donors (Lipinski definition) is 1. The molecule has 1 atom stereocenters. The molecule has 0 aliphatic carbocycles. The molecule has 0 unspecified atom stereocenters. The number of nitrogens with zero attached hydrogens (tertiary/aromatic N) is 4. The number of rotatable bonds is 13. The Bertz CT molecular complexity index is 1290. The van der Waals surface area contributed by atoms with Crippen molar-refractivity contribution in [2.75, 3.05) is 24.0 Å². The third kappa shape index (κ3) is 7.63. The summed E-state index contributed by atoms with van der Waals surface area (Å²) in [6.45, 7) is 4.66. The number of aliphatic hydroxyl groups excluding tert-OH is 1. The molecule has 0 radical (unpaired) electrons. The fraction of sp³-hybridized carbons (Fsp3) is 0.385. The van der Waals surface area contributed by atoms with Gasteiger partial charge in [0.1, 0.15) is 6.61 Å². The van der Waals surface area contributed by atoms with Crippen LogP contribution in [0.25, 0.3) is 0 Å². The van der Waals surface area contributed by atoms with Crippen LogP contribution in [-0.2, 0) is 27.9 Å². The van der Waals surface area contributed by atoms with Crippen molar-refractivity contribution in [3.05, 3.63) is 76.8 Å². The zero-order valence-corrected chi connectivity index (χ0v) is 23.7. The minimum absolute atomic E-state index is 0.00365. The number of aryl methyl sites for hydroxylation is 1. The first-order valence-corrected chi connectivity index (χ1v) is 14.4. The van der Waals surface area contributed by atoms with Crippen LogP contribution >= 0.6 is 23.2 Å². The summed E-state index contributed by atoms with van der Waals surface area (Å²) >= 11 is 12.2. The molecular weight excluding hydrogens is 551 g/mol. The lowest BCUT2D eigenvalue weighted by atomic mass is 10.1. The number of sulfonamides is 1. The average molecular weight is 584 g/mol. The number of halogens is 2. The van der Waals surface area contributed by atoms with Crippen molar-refractivity contribution in [1.82, 2.24) is 14.5 Å². The molecule has 0 bridgehead atoms. The average Bonchev–Trinajstić information content (AvgIpc) is 3.41. The maximum atomic E-state index is 13.8. The third-order valence-corrected chi connectivity index (χ3v) is 8.26. The lowest BCUT2D eigenvalue weighted by Gasteiger charge is -2.32. The van der Waals surface area contributed by atoms with Gasteiger partial charge in [-0.3, -0.25) is 4.31 Å². The van der Waals surface area contributed by atoms with Crippen LogP contribution in [0.3, 0.4) is 0 Å². The van der Waals surface area contributed by atoms with Gasteiger partial charge in [-0.2, -0.15) is 0 Å². The van der Waals surface area contributed by atoms with Gasteiger partial charge in [-0.05, 0) is 56.2 Å². The fourth-order valence-corrected chi connectivity index (χ4v) is 5.94. The van der Waals surface area contributed by atoms with E-state index in [0.717, 1.165) is 10.7 Å². The molecule has 9 nitrogen and oxygen atoms in total. The highest BCUT2D eigenvalue weighted by Gasteiger charge is 2.32. The second-order valence-corrected chi connectivity index (χ2v) is 11.4. The first-order valence-electron chi connectivity index (χ1n) is 12.2. The minimum Gasteiger partial charge on any atom is -0.447 e. The van der Waals surface area contributed by atoms with Crippen LogP contribution in [0.1, 0.15) is 32.3 Å². The van der Waals surface area contributed by atoms with Gasteiger partial charge in [0.25, 0.3) is 10.0 Å². The maximum absolute atomic E-state index is 13.8. The number of aromatic nitrogens is 2. The summed E-state index contributed by atoms with van der Waals surface area (Å²) in [6, 6.07) is 9.54. The Kier molecular flexibility index (Phi) is 10.8. The number of ether oxygens (including phenoxy) is 1. The van der Waals surface area contributed by atoms with Gasteiger partial charge >= 0.3 is 6.09 Å². The largest absolute Gasteiger partial charge is 0.447 e. The minimum atomic E-state index is -4.15. The smallest absolute Gasteiger partial charge is 0.409 e. The number of anilines is 1. The van der Waals surface area contributed by atoms with Gasteiger partial charge in [0, 0.05) is 47.6 Å². The highest BCUT2D eigenvalue weighted by Crippen LogP contribution is 2.32. The van der Waals surface area contributed by atoms with E-state index >= 15 is 0 Å². The standard InChI is InChI=1S/C26H32Cl2N4O5S/c1-3-12-31(14-4-13-30-15-11-29-19-30)26(34)37-18-20(2)32(25-16-23(28)6-5-21(25)17-33)38(35,36)24-9-7-22(27)8-10-24/h5-11,15-16,19-20,33H,3-4,12-14,17-18H2,1-2H3/t20-/m1/s1. The second kappa shape index (κ2) is 13.8. The van der Waals surface area contributed by atoms with Crippen LogP contribution in [0.2, 0.25) is 10.0 Å². The molecule has 206 valence electrons. The highest BCUT2D eigenvalue weighted by molar-refractivity contribution is 7.92. The molecule has 0 saturated heterocycles. The van der Waals surface area contributed by atoms with Crippen LogP contribution in [0.4, 0.5) is 10.5 Å². The van der Waals surface area contributed by atoms with Crippen molar-refractivity contribution < 1.29 is 23.1 Å². The van der Waals surface area contributed by atoms with Gasteiger partial charge in [0.05, 0.1) is 29.6 Å². The molecule has 0 aliphatic rings. The summed E-state index contributed by atoms with van der Waals surface area (Å²) in [5.74, 6) is 0. The van der Waals surface area contributed by atoms with Crippen molar-refractivity contribution >= 4 is 45.0 Å². The summed E-state index contributed by atoms with van der Waals surface area (Å²) in [5.41, 5.74) is 0.557. The van der Waals surface area contributed by atoms with Gasteiger partial charge in [0.15, 0.2) is 0 Å². The van der Waals surface area contributed by atoms with Crippen molar-refractivity contribution in [1.29, 1.82) is 0 Å². The fourth-order valence-electron chi connectivity index (χ4n) is 3.98. The molecule has 3 aromatic rings. The number of imidazole rings is 1. The highest BCUT2D eigenvalue weighted by atomic mass is 35.5. The molecule has 3 rings (SSSR count). The second-order valence-electron chi connectivity index (χ2n) is 8.75. The molecule has 38 heavy (non-hydrogen) atoms. The quantitative estimate of drug-likeness (QED) is 0.297. The Hall–Kier alpha value is -2.79. The van der Waals surface area contributed by atoms with Crippen molar-refractivity contribution in [3.63, 3.8) is 0 Å². The topological polar surface area (TPSA) is 105 Å². The van der Waals surface area contributed by atoms with E-state index in [1.165, 1.54) is 30.3 Å². The van der Waals surface area contributed by atoms with E-state index in [9.17, 15) is 18.3 Å². The lowest BCUT2D eigenvalue weighted by Crippen LogP contribution is -2.43. The molecule has 0 spiro atoms. The van der Waals surface area contributed by atoms with Crippen LogP contribution in [0, 0.1) is 0 Å². The van der Waals surface area contributed by atoms with Gasteiger partial charge in [-0.25, -0.2) is 18.2 Å². The monoisotopic (exact) mass is 582 g/mol. The summed E-state index contributed by atoms with van der Waals surface area (Å²) in [4.78, 5) is 18.6. The van der Waals surface area contributed by atoms with E-state index in [0.29, 0.717) is 41.7 Å². The molecule has 1 amide bonds. The number of hydrogen-bond acceptors (Lipinski definition) is 6. The molecule has 12 heteroatoms. The predicted octanol–water partition coefficient (Wildman–Crippen LogP) is 5.20. The van der Waals surface area contributed by atoms with Crippen LogP contribution in [-0.4, -0.2) is 59.8 Å². The van der Waals surface area contributed by atoms with E-state index in [2.05, 4.69) is 4.98 Å². The van der Waals surface area contributed by atoms with E-state index in [1.807, 2.05) is 17.7 Å². The Morgan fingerprint density at radius 1 is 1.13 bits per heavy atom. The van der Waals surface area contributed by atoms with E-state index in [1.54, 1.807) is 36.5 Å². The van der Waals surface area contributed by atoms with Crippen LogP contribution < -0.4 is 4.31 Å². The van der Waals surface area contributed by atoms with Gasteiger partial charge in [-0.15, -0.1) is 0 Å². The molecular formula is C26H32Cl2N4O5S. The van der Waals surface area contributed by atoms with Crippen molar-refractivity contribution in [2.24, 2.45) is 0 Å². The predicted molar refractivity (Wildman–Crippen MR) is 148 cm³/mol. The Balaban J connectivity index is 1.82. The molecule has 1 heterocycles.